The molecule has 11 nitrogen and oxygen atoms in total. The van der Waals surface area contributed by atoms with Gasteiger partial charge in [0.05, 0.1) is 48.5 Å². The number of hydrogen-bond donors (Lipinski definition) is 2. The highest BCUT2D eigenvalue weighted by molar-refractivity contribution is 7.98. The lowest BCUT2D eigenvalue weighted by molar-refractivity contribution is 0.102. The zero-order valence-electron chi connectivity index (χ0n) is 23.7. The van der Waals surface area contributed by atoms with Crippen molar-refractivity contribution in [2.75, 3.05) is 29.7 Å². The van der Waals surface area contributed by atoms with Crippen molar-refractivity contribution in [1.82, 2.24) is 24.5 Å². The van der Waals surface area contributed by atoms with E-state index in [4.69, 9.17) is 4.74 Å². The predicted molar refractivity (Wildman–Crippen MR) is 158 cm³/mol. The van der Waals surface area contributed by atoms with Gasteiger partial charge in [-0.05, 0) is 54.0 Å². The van der Waals surface area contributed by atoms with Crippen molar-refractivity contribution in [2.45, 2.75) is 38.3 Å². The highest BCUT2D eigenvalue weighted by Gasteiger charge is 2.23. The number of carbonyl (C=O) groups excluding carboxylic acids is 1. The molecule has 0 fully saturated rings. The topological polar surface area (TPSA) is 133 Å². The molecule has 40 heavy (non-hydrogen) atoms. The summed E-state index contributed by atoms with van der Waals surface area (Å²) in [6.45, 7) is 7.91. The van der Waals surface area contributed by atoms with Gasteiger partial charge < -0.3 is 14.6 Å². The fourth-order valence-electron chi connectivity index (χ4n) is 4.16. The first-order valence-corrected chi connectivity index (χ1v) is 15.4. The second-order valence-electron chi connectivity index (χ2n) is 10.4. The van der Waals surface area contributed by atoms with Gasteiger partial charge in [-0.2, -0.15) is 0 Å². The number of sulfonamides is 1. The summed E-state index contributed by atoms with van der Waals surface area (Å²) in [5, 5.41) is 12.4. The molecule has 2 heterocycles. The second kappa shape index (κ2) is 11.0. The molecular weight excluding hydrogens is 550 g/mol. The number of amides is 1. The van der Waals surface area contributed by atoms with Crippen LogP contribution in [0, 0.1) is 6.92 Å². The molecule has 4 rings (SSSR count). The number of anilines is 2. The molecule has 0 aliphatic heterocycles. The Labute approximate surface area is 238 Å². The van der Waals surface area contributed by atoms with Gasteiger partial charge in [-0.15, -0.1) is 5.10 Å². The predicted octanol–water partition coefficient (Wildman–Crippen LogP) is 4.63. The van der Waals surface area contributed by atoms with E-state index in [1.54, 1.807) is 53.1 Å². The number of imidazole rings is 1. The Hall–Kier alpha value is -3.84. The van der Waals surface area contributed by atoms with Crippen LogP contribution in [-0.2, 0) is 22.5 Å². The Morgan fingerprint density at radius 1 is 1.12 bits per heavy atom. The lowest BCUT2D eigenvalue weighted by Crippen LogP contribution is -2.18. The van der Waals surface area contributed by atoms with Crippen LogP contribution in [0.2, 0.25) is 0 Å². The summed E-state index contributed by atoms with van der Waals surface area (Å²) in [4.78, 5) is 17.9. The van der Waals surface area contributed by atoms with Gasteiger partial charge in [-0.3, -0.25) is 9.52 Å². The Morgan fingerprint density at radius 3 is 2.42 bits per heavy atom. The first-order valence-electron chi connectivity index (χ1n) is 12.3. The highest BCUT2D eigenvalue weighted by atomic mass is 32.2. The van der Waals surface area contributed by atoms with Crippen molar-refractivity contribution in [1.29, 1.82) is 0 Å². The van der Waals surface area contributed by atoms with Crippen LogP contribution in [0.1, 0.15) is 42.3 Å². The number of thioether (sulfide) groups is 1. The van der Waals surface area contributed by atoms with Crippen molar-refractivity contribution in [2.24, 2.45) is 7.05 Å². The summed E-state index contributed by atoms with van der Waals surface area (Å²) in [6.07, 6.45) is 6.57. The van der Waals surface area contributed by atoms with Crippen molar-refractivity contribution < 1.29 is 17.9 Å². The third-order valence-corrected chi connectivity index (χ3v) is 7.64. The summed E-state index contributed by atoms with van der Waals surface area (Å²) in [5.74, 6) is -0.187. The maximum atomic E-state index is 13.5. The SMILES string of the molecule is COc1c(NC(=O)c2ccc(C)c(-n3cc(-c4cnc(SC)n4C)nn3)c2)cc(C(C)(C)C)cc1NS(C)(=O)=O. The van der Waals surface area contributed by atoms with E-state index in [0.29, 0.717) is 22.6 Å². The van der Waals surface area contributed by atoms with Crippen molar-refractivity contribution >= 4 is 39.1 Å². The molecule has 2 aromatic carbocycles. The van der Waals surface area contributed by atoms with Crippen LogP contribution in [0.25, 0.3) is 17.1 Å². The lowest BCUT2D eigenvalue weighted by Gasteiger charge is -2.24. The van der Waals surface area contributed by atoms with Crippen LogP contribution in [-0.4, -0.2) is 58.5 Å². The minimum atomic E-state index is -3.60. The van der Waals surface area contributed by atoms with E-state index in [2.05, 4.69) is 25.3 Å². The number of methoxy groups -OCH3 is 1. The van der Waals surface area contributed by atoms with Crippen molar-refractivity contribution in [3.8, 4) is 22.8 Å². The average molecular weight is 584 g/mol. The smallest absolute Gasteiger partial charge is 0.255 e. The quantitative estimate of drug-likeness (QED) is 0.287. The molecule has 0 saturated heterocycles. The van der Waals surface area contributed by atoms with Crippen LogP contribution < -0.4 is 14.8 Å². The van der Waals surface area contributed by atoms with Gasteiger partial charge in [0.2, 0.25) is 10.0 Å². The minimum absolute atomic E-state index is 0.209. The molecule has 13 heteroatoms. The first kappa shape index (κ1) is 29.2. The van der Waals surface area contributed by atoms with E-state index in [0.717, 1.165) is 28.2 Å². The fourth-order valence-corrected chi connectivity index (χ4v) is 5.24. The average Bonchev–Trinajstić information content (AvgIpc) is 3.49. The van der Waals surface area contributed by atoms with Crippen LogP contribution in [0.5, 0.6) is 5.75 Å². The van der Waals surface area contributed by atoms with Gasteiger partial charge in [0, 0.05) is 12.6 Å². The van der Waals surface area contributed by atoms with E-state index in [9.17, 15) is 13.2 Å². The van der Waals surface area contributed by atoms with Gasteiger partial charge in [-0.1, -0.05) is 43.8 Å². The van der Waals surface area contributed by atoms with E-state index >= 15 is 0 Å². The largest absolute Gasteiger partial charge is 0.492 e. The minimum Gasteiger partial charge on any atom is -0.492 e. The maximum Gasteiger partial charge on any atom is 0.255 e. The van der Waals surface area contributed by atoms with Gasteiger partial charge in [0.25, 0.3) is 5.91 Å². The number of aryl methyl sites for hydroxylation is 1. The monoisotopic (exact) mass is 583 g/mol. The zero-order valence-corrected chi connectivity index (χ0v) is 25.4. The Kier molecular flexibility index (Phi) is 7.99. The second-order valence-corrected chi connectivity index (χ2v) is 12.9. The molecule has 0 unspecified atom stereocenters. The molecule has 0 bridgehead atoms. The molecule has 0 aliphatic rings. The summed E-state index contributed by atoms with van der Waals surface area (Å²) in [5.41, 5.74) is 4.52. The maximum absolute atomic E-state index is 13.5. The number of benzene rings is 2. The summed E-state index contributed by atoms with van der Waals surface area (Å²) < 4.78 is 35.7. The molecule has 2 aromatic heterocycles. The van der Waals surface area contributed by atoms with Crippen LogP contribution in [0.15, 0.2) is 47.9 Å². The Bertz CT molecular complexity index is 1690. The zero-order chi connectivity index (χ0) is 29.4. The molecule has 0 aliphatic carbocycles. The highest BCUT2D eigenvalue weighted by Crippen LogP contribution is 2.39. The Balaban J connectivity index is 1.70. The molecular formula is C27H33N7O4S2. The molecule has 0 atom stereocenters. The Morgan fingerprint density at radius 2 is 1.82 bits per heavy atom. The van der Waals surface area contributed by atoms with Gasteiger partial charge in [-0.25, -0.2) is 18.1 Å². The molecule has 4 aromatic rings. The van der Waals surface area contributed by atoms with Crippen LogP contribution in [0.3, 0.4) is 0 Å². The summed E-state index contributed by atoms with van der Waals surface area (Å²) in [7, 11) is -0.254. The van der Waals surface area contributed by atoms with Crippen LogP contribution >= 0.6 is 11.8 Å². The standard InChI is InChI=1S/C27H33N7O4S2/c1-16-9-10-17(11-22(16)34-15-21(30-32-34)23-14-28-26(39-7)33(23)5)25(35)29-19-12-18(27(2,3)4)13-20(24(19)38-6)31-40(8,36)37/h9-15,31H,1-8H3,(H,29,35). The molecule has 2 N–H and O–H groups in total. The number of nitrogens with one attached hydrogen (secondary N) is 2. The third-order valence-electron chi connectivity index (χ3n) is 6.30. The van der Waals surface area contributed by atoms with Crippen molar-refractivity contribution in [3.05, 3.63) is 59.4 Å². The number of hydrogen-bond acceptors (Lipinski definition) is 8. The number of ether oxygens (including phenoxy) is 1. The molecule has 0 spiro atoms. The van der Waals surface area contributed by atoms with E-state index in [1.165, 1.54) is 7.11 Å². The van der Waals surface area contributed by atoms with Crippen molar-refractivity contribution in [3.63, 3.8) is 0 Å². The molecule has 1 amide bonds. The number of rotatable bonds is 8. The van der Waals surface area contributed by atoms with Gasteiger partial charge >= 0.3 is 0 Å². The number of nitrogens with zero attached hydrogens (tertiary/aromatic N) is 5. The van der Waals surface area contributed by atoms with E-state index < -0.39 is 15.9 Å². The lowest BCUT2D eigenvalue weighted by atomic mass is 9.86. The first-order chi connectivity index (χ1) is 18.7. The molecule has 212 valence electrons. The normalized spacial score (nSPS) is 11.9. The third kappa shape index (κ3) is 6.15. The van der Waals surface area contributed by atoms with Gasteiger partial charge in [0.1, 0.15) is 5.69 Å². The summed E-state index contributed by atoms with van der Waals surface area (Å²) >= 11 is 1.54. The molecule has 0 radical (unpaired) electrons. The van der Waals surface area contributed by atoms with Gasteiger partial charge in [0.15, 0.2) is 10.9 Å². The van der Waals surface area contributed by atoms with Crippen LogP contribution in [0.4, 0.5) is 11.4 Å². The summed E-state index contributed by atoms with van der Waals surface area (Å²) in [6, 6.07) is 8.79. The number of aromatic nitrogens is 5. The fraction of sp³-hybridized carbons (Fsp3) is 0.333. The van der Waals surface area contributed by atoms with E-state index in [1.807, 2.05) is 51.6 Å². The number of carbonyl (C=O) groups is 1. The molecule has 0 saturated carbocycles. The van der Waals surface area contributed by atoms with E-state index in [-0.39, 0.29) is 16.9 Å².